The number of carbonyl (C=O) groups excluding carboxylic acids is 1. The summed E-state index contributed by atoms with van der Waals surface area (Å²) in [5.74, 6) is -0.135. The van der Waals surface area contributed by atoms with Crippen molar-refractivity contribution in [3.8, 4) is 0 Å². The minimum atomic E-state index is -0.513. The predicted molar refractivity (Wildman–Crippen MR) is 97.8 cm³/mol. The second-order valence-electron chi connectivity index (χ2n) is 6.70. The first-order chi connectivity index (χ1) is 12.1. The third kappa shape index (κ3) is 3.19. The van der Waals surface area contributed by atoms with E-state index in [1.165, 1.54) is 0 Å². The summed E-state index contributed by atoms with van der Waals surface area (Å²) >= 11 is 6.32. The molecule has 130 valence electrons. The molecular formula is C18H20ClN5O. The van der Waals surface area contributed by atoms with Crippen molar-refractivity contribution in [1.82, 2.24) is 9.97 Å². The lowest BCUT2D eigenvalue weighted by Gasteiger charge is -2.27. The van der Waals surface area contributed by atoms with Crippen LogP contribution in [0.2, 0.25) is 5.02 Å². The fourth-order valence-electron chi connectivity index (χ4n) is 3.67. The topological polar surface area (TPSA) is 92.9 Å². The first kappa shape index (κ1) is 16.3. The molecule has 1 aromatic carbocycles. The Hall–Kier alpha value is -2.18. The zero-order valence-corrected chi connectivity index (χ0v) is 14.5. The van der Waals surface area contributed by atoms with Gasteiger partial charge in [-0.2, -0.15) is 0 Å². The van der Waals surface area contributed by atoms with E-state index < -0.39 is 5.92 Å². The van der Waals surface area contributed by atoms with Gasteiger partial charge in [0.05, 0.1) is 16.9 Å². The van der Waals surface area contributed by atoms with Crippen LogP contribution >= 0.6 is 11.6 Å². The lowest BCUT2D eigenvalue weighted by Crippen LogP contribution is -2.35. The first-order valence-electron chi connectivity index (χ1n) is 8.56. The van der Waals surface area contributed by atoms with Crippen LogP contribution in [0.4, 0.5) is 11.6 Å². The molecule has 4 rings (SSSR count). The number of aromatic nitrogens is 2. The standard InChI is InChI=1S/C18H20ClN5O/c19-13-9-21-18(22-11-5-3-4-10(20)8-11)24-16(13)15-12-6-1-2-7-14(12)23-17(15)25/h1-2,6-7,9-11,15H,3-5,8,20H2,(H,23,25)(H,21,22,24)/t10-,11+,15-/m0/s1. The summed E-state index contributed by atoms with van der Waals surface area (Å²) in [6.07, 6.45) is 5.65. The summed E-state index contributed by atoms with van der Waals surface area (Å²) in [7, 11) is 0. The van der Waals surface area contributed by atoms with Crippen LogP contribution in [0.3, 0.4) is 0 Å². The second-order valence-corrected chi connectivity index (χ2v) is 7.11. The summed E-state index contributed by atoms with van der Waals surface area (Å²) < 4.78 is 0. The number of benzene rings is 1. The Morgan fingerprint density at radius 1 is 1.28 bits per heavy atom. The number of hydrogen-bond donors (Lipinski definition) is 3. The number of para-hydroxylation sites is 1. The Kier molecular flexibility index (Phi) is 4.31. The van der Waals surface area contributed by atoms with Crippen LogP contribution < -0.4 is 16.4 Å². The molecule has 1 amide bonds. The van der Waals surface area contributed by atoms with Gasteiger partial charge in [-0.1, -0.05) is 29.8 Å². The van der Waals surface area contributed by atoms with Crippen LogP contribution in [0.5, 0.6) is 0 Å². The van der Waals surface area contributed by atoms with Crippen LogP contribution in [0.15, 0.2) is 30.5 Å². The van der Waals surface area contributed by atoms with Crippen molar-refractivity contribution in [3.05, 3.63) is 46.7 Å². The van der Waals surface area contributed by atoms with Gasteiger partial charge in [-0.15, -0.1) is 0 Å². The highest BCUT2D eigenvalue weighted by Crippen LogP contribution is 2.38. The van der Waals surface area contributed by atoms with Gasteiger partial charge in [0.25, 0.3) is 0 Å². The van der Waals surface area contributed by atoms with Gasteiger partial charge in [0.2, 0.25) is 11.9 Å². The SMILES string of the molecule is N[C@H]1CCC[C@@H](Nc2ncc(Cl)c([C@H]3C(=O)Nc4ccccc43)n2)C1. The summed E-state index contributed by atoms with van der Waals surface area (Å²) in [6, 6.07) is 8.06. The van der Waals surface area contributed by atoms with Crippen LogP contribution in [-0.4, -0.2) is 28.0 Å². The Balaban J connectivity index is 1.63. The molecule has 0 unspecified atom stereocenters. The smallest absolute Gasteiger partial charge is 0.238 e. The maximum absolute atomic E-state index is 12.5. The van der Waals surface area contributed by atoms with E-state index >= 15 is 0 Å². The molecule has 0 radical (unpaired) electrons. The van der Waals surface area contributed by atoms with E-state index in [0.717, 1.165) is 36.9 Å². The Bertz CT molecular complexity index is 812. The number of rotatable bonds is 3. The number of nitrogens with zero attached hydrogens (tertiary/aromatic N) is 2. The number of fused-ring (bicyclic) bond motifs is 1. The molecule has 1 saturated carbocycles. The van der Waals surface area contributed by atoms with Crippen molar-refractivity contribution in [2.24, 2.45) is 5.73 Å². The average Bonchev–Trinajstić information content (AvgIpc) is 2.92. The molecule has 7 heteroatoms. The molecule has 0 saturated heterocycles. The molecule has 2 aromatic rings. The molecule has 1 aliphatic heterocycles. The van der Waals surface area contributed by atoms with Gasteiger partial charge in [0.15, 0.2) is 0 Å². The zero-order valence-electron chi connectivity index (χ0n) is 13.7. The Labute approximate surface area is 151 Å². The molecule has 2 heterocycles. The highest BCUT2D eigenvalue weighted by Gasteiger charge is 2.34. The number of nitrogens with one attached hydrogen (secondary N) is 2. The van der Waals surface area contributed by atoms with Crippen LogP contribution in [0.25, 0.3) is 0 Å². The molecule has 6 nitrogen and oxygen atoms in total. The number of hydrogen-bond acceptors (Lipinski definition) is 5. The van der Waals surface area contributed by atoms with E-state index in [1.807, 2.05) is 24.3 Å². The number of halogens is 1. The van der Waals surface area contributed by atoms with E-state index in [9.17, 15) is 4.79 Å². The van der Waals surface area contributed by atoms with E-state index in [2.05, 4.69) is 20.6 Å². The summed E-state index contributed by atoms with van der Waals surface area (Å²) in [6.45, 7) is 0. The minimum Gasteiger partial charge on any atom is -0.351 e. The fourth-order valence-corrected chi connectivity index (χ4v) is 3.87. The lowest BCUT2D eigenvalue weighted by atomic mass is 9.92. The number of carbonyl (C=O) groups is 1. The predicted octanol–water partition coefficient (Wildman–Crippen LogP) is 2.90. The van der Waals surface area contributed by atoms with Gasteiger partial charge in [0.1, 0.15) is 5.92 Å². The van der Waals surface area contributed by atoms with Crippen LogP contribution in [-0.2, 0) is 4.79 Å². The first-order valence-corrected chi connectivity index (χ1v) is 8.94. The molecular weight excluding hydrogens is 338 g/mol. The van der Waals surface area contributed by atoms with Gasteiger partial charge < -0.3 is 16.4 Å². The maximum Gasteiger partial charge on any atom is 0.238 e. The average molecular weight is 358 g/mol. The van der Waals surface area contributed by atoms with Crippen LogP contribution in [0, 0.1) is 0 Å². The molecule has 1 aromatic heterocycles. The van der Waals surface area contributed by atoms with Crippen molar-refractivity contribution in [2.75, 3.05) is 10.6 Å². The summed E-state index contributed by atoms with van der Waals surface area (Å²) in [5.41, 5.74) is 8.27. The monoisotopic (exact) mass is 357 g/mol. The van der Waals surface area contributed by atoms with Gasteiger partial charge in [-0.05, 0) is 37.3 Å². The summed E-state index contributed by atoms with van der Waals surface area (Å²) in [4.78, 5) is 21.3. The van der Waals surface area contributed by atoms with Crippen molar-refractivity contribution in [2.45, 2.75) is 43.7 Å². The quantitative estimate of drug-likeness (QED) is 0.785. The van der Waals surface area contributed by atoms with Crippen molar-refractivity contribution in [3.63, 3.8) is 0 Å². The minimum absolute atomic E-state index is 0.118. The van der Waals surface area contributed by atoms with E-state index in [-0.39, 0.29) is 18.0 Å². The molecule has 3 atom stereocenters. The molecule has 0 spiro atoms. The van der Waals surface area contributed by atoms with Gasteiger partial charge in [-0.3, -0.25) is 4.79 Å². The third-order valence-electron chi connectivity index (χ3n) is 4.88. The van der Waals surface area contributed by atoms with E-state index in [1.54, 1.807) is 6.20 Å². The molecule has 4 N–H and O–H groups in total. The van der Waals surface area contributed by atoms with E-state index in [0.29, 0.717) is 16.7 Å². The van der Waals surface area contributed by atoms with Crippen LogP contribution in [0.1, 0.15) is 42.9 Å². The molecule has 2 aliphatic rings. The molecule has 1 aliphatic carbocycles. The molecule has 0 bridgehead atoms. The lowest BCUT2D eigenvalue weighted by molar-refractivity contribution is -0.116. The number of amides is 1. The van der Waals surface area contributed by atoms with Gasteiger partial charge in [0, 0.05) is 17.8 Å². The Morgan fingerprint density at radius 2 is 2.12 bits per heavy atom. The van der Waals surface area contributed by atoms with Gasteiger partial charge >= 0.3 is 0 Å². The van der Waals surface area contributed by atoms with Crippen molar-refractivity contribution in [1.29, 1.82) is 0 Å². The highest BCUT2D eigenvalue weighted by molar-refractivity contribution is 6.31. The number of nitrogens with two attached hydrogens (primary N) is 1. The fraction of sp³-hybridized carbons (Fsp3) is 0.389. The highest BCUT2D eigenvalue weighted by atomic mass is 35.5. The van der Waals surface area contributed by atoms with Crippen molar-refractivity contribution < 1.29 is 4.79 Å². The third-order valence-corrected chi connectivity index (χ3v) is 5.18. The normalized spacial score (nSPS) is 25.4. The maximum atomic E-state index is 12.5. The largest absolute Gasteiger partial charge is 0.351 e. The zero-order chi connectivity index (χ0) is 17.4. The molecule has 25 heavy (non-hydrogen) atoms. The van der Waals surface area contributed by atoms with Gasteiger partial charge in [-0.25, -0.2) is 9.97 Å². The number of anilines is 2. The molecule has 1 fully saturated rings. The second kappa shape index (κ2) is 6.61. The summed E-state index contributed by atoms with van der Waals surface area (Å²) in [5, 5.41) is 6.62. The van der Waals surface area contributed by atoms with E-state index in [4.69, 9.17) is 17.3 Å². The Morgan fingerprint density at radius 3 is 2.96 bits per heavy atom. The van der Waals surface area contributed by atoms with Crippen molar-refractivity contribution >= 4 is 29.1 Å².